The van der Waals surface area contributed by atoms with Crippen molar-refractivity contribution in [2.75, 3.05) is 26.7 Å². The Bertz CT molecular complexity index is 847. The highest BCUT2D eigenvalue weighted by Crippen LogP contribution is 2.28. The molecule has 0 spiro atoms. The van der Waals surface area contributed by atoms with Gasteiger partial charge in [0.25, 0.3) is 0 Å². The van der Waals surface area contributed by atoms with Crippen LogP contribution in [-0.2, 0) is 11.5 Å². The summed E-state index contributed by atoms with van der Waals surface area (Å²) in [5, 5.41) is 6.16. The monoisotopic (exact) mass is 550 g/mol. The van der Waals surface area contributed by atoms with E-state index >= 15 is 0 Å². The first-order valence-electron chi connectivity index (χ1n) is 8.75. The second-order valence-electron chi connectivity index (χ2n) is 6.38. The number of alkyl halides is 6. The number of nitrogens with zero attached hydrogens (tertiary/aromatic N) is 4. The summed E-state index contributed by atoms with van der Waals surface area (Å²) >= 11 is 5.98. The van der Waals surface area contributed by atoms with Gasteiger partial charge in [0.2, 0.25) is 0 Å². The molecule has 1 aromatic carbocycles. The molecule has 0 bridgehead atoms. The lowest BCUT2D eigenvalue weighted by Crippen LogP contribution is -2.48. The number of thioether (sulfide) groups is 2. The van der Waals surface area contributed by atoms with Gasteiger partial charge in [-0.15, -0.1) is 0 Å². The first-order valence-corrected chi connectivity index (χ1v) is 11.5. The zero-order valence-corrected chi connectivity index (χ0v) is 18.9. The minimum atomic E-state index is -4.44. The third-order valence-corrected chi connectivity index (χ3v) is 6.72. The summed E-state index contributed by atoms with van der Waals surface area (Å²) in [5.41, 5.74) is 1.87. The summed E-state index contributed by atoms with van der Waals surface area (Å²) in [4.78, 5) is 8.36. The lowest BCUT2D eigenvalue weighted by Gasteiger charge is -2.28. The fraction of sp³-hybridized carbons (Fsp3) is 0.500. The van der Waals surface area contributed by atoms with E-state index in [1.54, 1.807) is 0 Å². The van der Waals surface area contributed by atoms with Gasteiger partial charge in [-0.2, -0.15) is 36.1 Å². The van der Waals surface area contributed by atoms with Crippen molar-refractivity contribution < 1.29 is 26.3 Å². The largest absolute Gasteiger partial charge is 0.462 e. The third-order valence-electron chi connectivity index (χ3n) is 4.23. The number of rotatable bonds is 4. The third kappa shape index (κ3) is 7.17. The molecule has 0 atom stereocenters. The summed E-state index contributed by atoms with van der Waals surface area (Å²) in [7, 11) is 0. The molecule has 31 heavy (non-hydrogen) atoms. The van der Waals surface area contributed by atoms with Crippen molar-refractivity contribution in [1.29, 1.82) is 0 Å². The van der Waals surface area contributed by atoms with Crippen LogP contribution >= 0.6 is 39.5 Å². The molecule has 15 heteroatoms. The number of hydrogen-bond acceptors (Lipinski definition) is 8. The fourth-order valence-electron chi connectivity index (χ4n) is 2.53. The molecule has 0 saturated carbocycles. The molecule has 0 aromatic heterocycles. The van der Waals surface area contributed by atoms with Crippen LogP contribution in [0.25, 0.3) is 0 Å². The second-order valence-corrected chi connectivity index (χ2v) is 9.23. The average Bonchev–Trinajstić information content (AvgIpc) is 2.71. The highest BCUT2D eigenvalue weighted by molar-refractivity contribution is 9.10. The topological polar surface area (TPSA) is 55.3 Å². The zero-order valence-electron chi connectivity index (χ0n) is 15.7. The summed E-state index contributed by atoms with van der Waals surface area (Å²) in [6.07, 6.45) is -8.87. The SMILES string of the molecule is FC(F)(F)N1CN=C(SCc2ccc(Br)cc2CSC2=NCN(C(F)(F)F)CN2)NC1. The van der Waals surface area contributed by atoms with Crippen molar-refractivity contribution in [3.63, 3.8) is 0 Å². The van der Waals surface area contributed by atoms with Gasteiger partial charge in [0.1, 0.15) is 13.3 Å². The summed E-state index contributed by atoms with van der Waals surface area (Å²) in [6, 6.07) is 5.64. The summed E-state index contributed by atoms with van der Waals surface area (Å²) in [6.45, 7) is -1.64. The van der Waals surface area contributed by atoms with Gasteiger partial charge >= 0.3 is 12.6 Å². The van der Waals surface area contributed by atoms with E-state index in [9.17, 15) is 26.3 Å². The molecule has 2 heterocycles. The maximum absolute atomic E-state index is 12.7. The molecule has 2 N–H and O–H groups in total. The molecule has 0 fully saturated rings. The molecule has 2 aliphatic rings. The Hall–Kier alpha value is -1.16. The van der Waals surface area contributed by atoms with Crippen molar-refractivity contribution >= 4 is 49.8 Å². The van der Waals surface area contributed by atoms with Crippen molar-refractivity contribution in [3.8, 4) is 0 Å². The Morgan fingerprint density at radius 1 is 0.839 bits per heavy atom. The molecule has 0 unspecified atom stereocenters. The number of aliphatic imine (C=N–C) groups is 2. The number of nitrogens with one attached hydrogen (secondary N) is 2. The van der Waals surface area contributed by atoms with Gasteiger partial charge in [0.05, 0.1) is 13.3 Å². The van der Waals surface area contributed by atoms with Crippen LogP contribution in [0.3, 0.4) is 0 Å². The first kappa shape index (κ1) is 24.5. The van der Waals surface area contributed by atoms with Gasteiger partial charge in [-0.1, -0.05) is 45.5 Å². The van der Waals surface area contributed by atoms with Crippen LogP contribution in [0.15, 0.2) is 32.7 Å². The Morgan fingerprint density at radius 2 is 1.32 bits per heavy atom. The van der Waals surface area contributed by atoms with Crippen LogP contribution in [0.5, 0.6) is 0 Å². The summed E-state index contributed by atoms with van der Waals surface area (Å²) in [5.74, 6) is 0.942. The number of amidine groups is 2. The van der Waals surface area contributed by atoms with Gasteiger partial charge in [0.15, 0.2) is 10.3 Å². The Kier molecular flexibility index (Phi) is 8.05. The zero-order chi connectivity index (χ0) is 22.6. The standard InChI is InChI=1S/C16H17BrF6N6S2/c17-12-2-1-10(4-30-13-24-6-28(7-25-13)15(18,19)20)11(3-12)5-31-14-26-8-29(9-27-14)16(21,22)23/h1-3H,4-9H2,(H,24,25)(H,26,27). The van der Waals surface area contributed by atoms with Crippen LogP contribution in [-0.4, -0.2) is 59.4 Å². The quantitative estimate of drug-likeness (QED) is 0.430. The number of hydrogen-bond donors (Lipinski definition) is 2. The van der Waals surface area contributed by atoms with E-state index in [4.69, 9.17) is 0 Å². The Balaban J connectivity index is 1.57. The van der Waals surface area contributed by atoms with Crippen LogP contribution in [0.2, 0.25) is 0 Å². The summed E-state index contributed by atoms with van der Waals surface area (Å²) < 4.78 is 76.8. The van der Waals surface area contributed by atoms with E-state index in [1.165, 1.54) is 23.5 Å². The molecule has 0 radical (unpaired) electrons. The first-order chi connectivity index (χ1) is 14.5. The van der Waals surface area contributed by atoms with Crippen LogP contribution < -0.4 is 10.6 Å². The second kappa shape index (κ2) is 10.2. The minimum Gasteiger partial charge on any atom is -0.352 e. The molecular weight excluding hydrogens is 534 g/mol. The number of benzene rings is 1. The molecule has 0 saturated heterocycles. The van der Waals surface area contributed by atoms with E-state index in [0.29, 0.717) is 21.8 Å². The van der Waals surface area contributed by atoms with Crippen LogP contribution in [0, 0.1) is 0 Å². The highest BCUT2D eigenvalue weighted by atomic mass is 79.9. The van der Waals surface area contributed by atoms with Gasteiger partial charge in [-0.05, 0) is 23.3 Å². The fourth-order valence-corrected chi connectivity index (χ4v) is 4.71. The van der Waals surface area contributed by atoms with E-state index in [-0.39, 0.29) is 23.1 Å². The molecule has 2 aliphatic heterocycles. The van der Waals surface area contributed by atoms with Crippen molar-refractivity contribution in [2.45, 2.75) is 24.1 Å². The molecule has 0 amide bonds. The molecular formula is C16H17BrF6N6S2. The molecule has 0 aliphatic carbocycles. The van der Waals surface area contributed by atoms with E-state index < -0.39 is 25.9 Å². The van der Waals surface area contributed by atoms with Gasteiger partial charge in [-0.25, -0.2) is 9.98 Å². The number of halogens is 7. The lowest BCUT2D eigenvalue weighted by molar-refractivity contribution is -0.247. The highest BCUT2D eigenvalue weighted by Gasteiger charge is 2.39. The van der Waals surface area contributed by atoms with Gasteiger partial charge in [-0.3, -0.25) is 0 Å². The molecule has 172 valence electrons. The predicted molar refractivity (Wildman–Crippen MR) is 113 cm³/mol. The van der Waals surface area contributed by atoms with Crippen LogP contribution in [0.4, 0.5) is 26.3 Å². The van der Waals surface area contributed by atoms with Crippen LogP contribution in [0.1, 0.15) is 11.1 Å². The van der Waals surface area contributed by atoms with Gasteiger partial charge in [0, 0.05) is 16.0 Å². The smallest absolute Gasteiger partial charge is 0.352 e. The molecule has 6 nitrogen and oxygen atoms in total. The van der Waals surface area contributed by atoms with E-state index in [2.05, 4.69) is 36.5 Å². The molecule has 3 rings (SSSR count). The van der Waals surface area contributed by atoms with Crippen molar-refractivity contribution in [3.05, 3.63) is 33.8 Å². The predicted octanol–water partition coefficient (Wildman–Crippen LogP) is 4.31. The molecule has 1 aromatic rings. The van der Waals surface area contributed by atoms with Gasteiger partial charge < -0.3 is 10.6 Å². The minimum absolute atomic E-state index is 0.260. The van der Waals surface area contributed by atoms with Crippen molar-refractivity contribution in [1.82, 2.24) is 20.4 Å². The lowest BCUT2D eigenvalue weighted by atomic mass is 10.1. The Morgan fingerprint density at radius 3 is 1.74 bits per heavy atom. The van der Waals surface area contributed by atoms with Crippen molar-refractivity contribution in [2.24, 2.45) is 9.98 Å². The van der Waals surface area contributed by atoms with E-state index in [1.807, 2.05) is 18.2 Å². The average molecular weight is 551 g/mol. The normalized spacial score (nSPS) is 18.8. The maximum atomic E-state index is 12.7. The van der Waals surface area contributed by atoms with E-state index in [0.717, 1.165) is 15.6 Å². The maximum Gasteiger partial charge on any atom is 0.462 e. The Labute approximate surface area is 191 Å².